The molecule has 4 N–H and O–H groups in total. The highest BCUT2D eigenvalue weighted by atomic mass is 32.2. The van der Waals surface area contributed by atoms with Crippen LogP contribution < -0.4 is 10.5 Å². The van der Waals surface area contributed by atoms with E-state index in [1.807, 2.05) is 0 Å². The van der Waals surface area contributed by atoms with E-state index in [1.165, 1.54) is 19.3 Å². The molecule has 1 aliphatic rings. The van der Waals surface area contributed by atoms with Gasteiger partial charge in [0.2, 0.25) is 10.0 Å². The SMILES string of the molecule is NS(=O)(=O)c1c(F)c(F)c(SCCO)c(F)c1NC1CCCCCCCCCCC1. The van der Waals surface area contributed by atoms with E-state index >= 15 is 4.39 Å². The van der Waals surface area contributed by atoms with E-state index in [-0.39, 0.29) is 18.4 Å². The number of aliphatic hydroxyl groups is 1. The van der Waals surface area contributed by atoms with Crippen molar-refractivity contribution in [2.75, 3.05) is 17.7 Å². The van der Waals surface area contributed by atoms with Crippen molar-refractivity contribution in [2.45, 2.75) is 86.5 Å². The first kappa shape index (κ1) is 25.3. The van der Waals surface area contributed by atoms with Crippen LogP contribution in [-0.4, -0.2) is 31.9 Å². The molecule has 0 heterocycles. The Morgan fingerprint density at radius 3 is 1.87 bits per heavy atom. The maximum absolute atomic E-state index is 15.1. The number of halogens is 3. The summed E-state index contributed by atoms with van der Waals surface area (Å²) in [5.74, 6) is -4.57. The van der Waals surface area contributed by atoms with Crippen molar-refractivity contribution >= 4 is 27.5 Å². The molecule has 0 radical (unpaired) electrons. The van der Waals surface area contributed by atoms with Gasteiger partial charge in [-0.2, -0.15) is 0 Å². The lowest BCUT2D eigenvalue weighted by atomic mass is 9.97. The van der Waals surface area contributed by atoms with Crippen molar-refractivity contribution in [3.05, 3.63) is 17.5 Å². The van der Waals surface area contributed by atoms with E-state index < -0.39 is 43.0 Å². The number of hydrogen-bond acceptors (Lipinski definition) is 5. The zero-order valence-electron chi connectivity index (χ0n) is 17.1. The van der Waals surface area contributed by atoms with E-state index in [0.29, 0.717) is 24.6 Å². The second-order valence-corrected chi connectivity index (χ2v) is 10.3. The summed E-state index contributed by atoms with van der Waals surface area (Å²) in [5.41, 5.74) is -0.617. The van der Waals surface area contributed by atoms with Crippen molar-refractivity contribution in [3.63, 3.8) is 0 Å². The second kappa shape index (κ2) is 12.2. The van der Waals surface area contributed by atoms with Crippen molar-refractivity contribution in [1.29, 1.82) is 0 Å². The highest BCUT2D eigenvalue weighted by molar-refractivity contribution is 7.99. The molecule has 2 rings (SSSR count). The molecule has 0 unspecified atom stereocenters. The van der Waals surface area contributed by atoms with Gasteiger partial charge in [0.05, 0.1) is 17.2 Å². The van der Waals surface area contributed by atoms with E-state index in [4.69, 9.17) is 10.2 Å². The van der Waals surface area contributed by atoms with Gasteiger partial charge in [0.1, 0.15) is 4.90 Å². The maximum atomic E-state index is 15.1. The summed E-state index contributed by atoms with van der Waals surface area (Å²) in [4.78, 5) is -1.85. The van der Waals surface area contributed by atoms with Gasteiger partial charge in [-0.05, 0) is 12.8 Å². The van der Waals surface area contributed by atoms with Crippen molar-refractivity contribution in [2.24, 2.45) is 5.14 Å². The molecule has 0 aromatic heterocycles. The lowest BCUT2D eigenvalue weighted by Crippen LogP contribution is -2.25. The Morgan fingerprint density at radius 1 is 0.900 bits per heavy atom. The Bertz CT molecular complexity index is 795. The lowest BCUT2D eigenvalue weighted by Gasteiger charge is -2.24. The molecule has 0 aliphatic heterocycles. The molecule has 0 saturated heterocycles. The predicted molar refractivity (Wildman–Crippen MR) is 114 cm³/mol. The molecule has 1 aliphatic carbocycles. The van der Waals surface area contributed by atoms with Crippen LogP contribution in [0.25, 0.3) is 0 Å². The van der Waals surface area contributed by atoms with Crippen LogP contribution in [0.5, 0.6) is 0 Å². The minimum absolute atomic E-state index is 0.0646. The minimum Gasteiger partial charge on any atom is -0.396 e. The second-order valence-electron chi connectivity index (χ2n) is 7.69. The molecule has 1 saturated carbocycles. The van der Waals surface area contributed by atoms with Gasteiger partial charge in [-0.15, -0.1) is 11.8 Å². The number of benzene rings is 1. The van der Waals surface area contributed by atoms with Crippen LogP contribution in [0.3, 0.4) is 0 Å². The van der Waals surface area contributed by atoms with Crippen LogP contribution in [-0.2, 0) is 10.0 Å². The highest BCUT2D eigenvalue weighted by Crippen LogP contribution is 2.38. The van der Waals surface area contributed by atoms with Crippen LogP contribution in [0.1, 0.15) is 70.6 Å². The topological polar surface area (TPSA) is 92.4 Å². The minimum atomic E-state index is -4.71. The molecule has 10 heteroatoms. The third-order valence-corrected chi connectivity index (χ3v) is 7.30. The predicted octanol–water partition coefficient (Wildman–Crippen LogP) is 4.92. The smallest absolute Gasteiger partial charge is 0.243 e. The molecule has 0 spiro atoms. The van der Waals surface area contributed by atoms with Crippen molar-refractivity contribution in [3.8, 4) is 0 Å². The van der Waals surface area contributed by atoms with Gasteiger partial charge in [-0.1, -0.05) is 57.8 Å². The Labute approximate surface area is 181 Å². The molecule has 1 fully saturated rings. The zero-order valence-corrected chi connectivity index (χ0v) is 18.7. The summed E-state index contributed by atoms with van der Waals surface area (Å²) in [7, 11) is -4.71. The van der Waals surface area contributed by atoms with Crippen molar-refractivity contribution < 1.29 is 26.7 Å². The zero-order chi connectivity index (χ0) is 22.1. The summed E-state index contributed by atoms with van der Waals surface area (Å²) >= 11 is 0.586. The fourth-order valence-electron chi connectivity index (χ4n) is 3.80. The van der Waals surface area contributed by atoms with E-state index in [2.05, 4.69) is 5.32 Å². The number of nitrogens with two attached hydrogens (primary N) is 1. The van der Waals surface area contributed by atoms with Gasteiger partial charge in [0.15, 0.2) is 17.5 Å². The number of sulfonamides is 1. The van der Waals surface area contributed by atoms with E-state index in [1.54, 1.807) is 0 Å². The Kier molecular flexibility index (Phi) is 10.3. The van der Waals surface area contributed by atoms with E-state index in [0.717, 1.165) is 38.5 Å². The molecular formula is C20H31F3N2O3S2. The standard InChI is InChI=1S/C20H31F3N2O3S2/c21-15-16(22)20(30(24,27)28)18(17(23)19(15)29-13-12-26)25-14-10-8-6-4-2-1-3-5-7-9-11-14/h14,25-26H,1-13H2,(H2,24,27,28). The molecule has 172 valence electrons. The van der Waals surface area contributed by atoms with Gasteiger partial charge in [-0.3, -0.25) is 0 Å². The Hall–Kier alpha value is -0.970. The monoisotopic (exact) mass is 468 g/mol. The van der Waals surface area contributed by atoms with Gasteiger partial charge in [-0.25, -0.2) is 26.7 Å². The van der Waals surface area contributed by atoms with Crippen LogP contribution in [0.15, 0.2) is 9.79 Å². The fraction of sp³-hybridized carbons (Fsp3) is 0.700. The van der Waals surface area contributed by atoms with Crippen LogP contribution in [0.2, 0.25) is 0 Å². The highest BCUT2D eigenvalue weighted by Gasteiger charge is 2.32. The molecule has 5 nitrogen and oxygen atoms in total. The first-order valence-electron chi connectivity index (χ1n) is 10.5. The number of nitrogens with one attached hydrogen (secondary N) is 1. The average molecular weight is 469 g/mol. The molecular weight excluding hydrogens is 437 g/mol. The molecule has 0 atom stereocenters. The maximum Gasteiger partial charge on any atom is 0.243 e. The fourth-order valence-corrected chi connectivity index (χ4v) is 5.31. The molecule has 1 aromatic rings. The van der Waals surface area contributed by atoms with Crippen LogP contribution in [0.4, 0.5) is 18.9 Å². The van der Waals surface area contributed by atoms with Crippen molar-refractivity contribution in [1.82, 2.24) is 0 Å². The average Bonchev–Trinajstić information content (AvgIpc) is 2.67. The largest absolute Gasteiger partial charge is 0.396 e. The number of thioether (sulfide) groups is 1. The quantitative estimate of drug-likeness (QED) is 0.407. The summed E-state index contributed by atoms with van der Waals surface area (Å²) < 4.78 is 68.1. The summed E-state index contributed by atoms with van der Waals surface area (Å²) in [6.45, 7) is -0.368. The first-order chi connectivity index (χ1) is 14.3. The molecule has 0 bridgehead atoms. The Morgan fingerprint density at radius 2 is 1.40 bits per heavy atom. The summed E-state index contributed by atoms with van der Waals surface area (Å²) in [6, 6.07) is -0.278. The van der Waals surface area contributed by atoms with Gasteiger partial charge in [0.25, 0.3) is 0 Å². The number of rotatable bonds is 6. The summed E-state index contributed by atoms with van der Waals surface area (Å²) in [6.07, 6.45) is 10.9. The van der Waals surface area contributed by atoms with Gasteiger partial charge >= 0.3 is 0 Å². The van der Waals surface area contributed by atoms with Crippen LogP contribution >= 0.6 is 11.8 Å². The van der Waals surface area contributed by atoms with Gasteiger partial charge < -0.3 is 10.4 Å². The molecule has 1 aromatic carbocycles. The third-order valence-electron chi connectivity index (χ3n) is 5.31. The lowest BCUT2D eigenvalue weighted by molar-refractivity contribution is 0.322. The summed E-state index contributed by atoms with van der Waals surface area (Å²) in [5, 5.41) is 16.9. The van der Waals surface area contributed by atoms with Crippen LogP contribution in [0, 0.1) is 17.5 Å². The first-order valence-corrected chi connectivity index (χ1v) is 13.0. The number of primary sulfonamides is 1. The normalized spacial score (nSPS) is 17.9. The number of hydrogen-bond donors (Lipinski definition) is 3. The van der Waals surface area contributed by atoms with Gasteiger partial charge in [0, 0.05) is 11.8 Å². The third kappa shape index (κ3) is 7.03. The Balaban J connectivity index is 2.39. The number of anilines is 1. The molecule has 30 heavy (non-hydrogen) atoms. The molecule has 0 amide bonds. The van der Waals surface area contributed by atoms with E-state index in [9.17, 15) is 17.2 Å². The number of aliphatic hydroxyl groups excluding tert-OH is 1.